The minimum absolute atomic E-state index is 0.180. The van der Waals surface area contributed by atoms with Crippen LogP contribution in [0.25, 0.3) is 0 Å². The largest absolute Gasteiger partial charge is 0.357 e. The van der Waals surface area contributed by atoms with Crippen LogP contribution in [-0.2, 0) is 4.79 Å². The second-order valence-corrected chi connectivity index (χ2v) is 7.87. The Hall–Kier alpha value is -2.09. The van der Waals surface area contributed by atoms with E-state index in [0.717, 1.165) is 71.3 Å². The van der Waals surface area contributed by atoms with Crippen LogP contribution in [0.4, 0.5) is 0 Å². The molecule has 2 aliphatic rings. The molecule has 8 nitrogen and oxygen atoms in total. The summed E-state index contributed by atoms with van der Waals surface area (Å²) in [5, 5.41) is 3.47. The van der Waals surface area contributed by atoms with Crippen molar-refractivity contribution in [2.75, 3.05) is 58.9 Å². The summed E-state index contributed by atoms with van der Waals surface area (Å²) in [7, 11) is 0. The number of hydrogen-bond donors (Lipinski definition) is 1. The summed E-state index contributed by atoms with van der Waals surface area (Å²) < 4.78 is 2.23. The normalized spacial score (nSPS) is 24.5. The van der Waals surface area contributed by atoms with E-state index >= 15 is 0 Å². The van der Waals surface area contributed by atoms with Gasteiger partial charge in [-0.25, -0.2) is 4.98 Å². The summed E-state index contributed by atoms with van der Waals surface area (Å²) in [4.78, 5) is 27.3. The zero-order valence-corrected chi connectivity index (χ0v) is 17.5. The van der Waals surface area contributed by atoms with Crippen molar-refractivity contribution in [1.82, 2.24) is 29.6 Å². The number of piperidine rings is 1. The molecule has 3 heterocycles. The molecule has 0 bridgehead atoms. The molecule has 2 saturated heterocycles. The molecular weight excluding hydrogens is 354 g/mol. The van der Waals surface area contributed by atoms with Gasteiger partial charge in [-0.15, -0.1) is 0 Å². The zero-order valence-electron chi connectivity index (χ0n) is 17.5. The summed E-state index contributed by atoms with van der Waals surface area (Å²) >= 11 is 0. The highest BCUT2D eigenvalue weighted by molar-refractivity contribution is 5.80. The van der Waals surface area contributed by atoms with Gasteiger partial charge in [-0.2, -0.15) is 0 Å². The fraction of sp³-hybridized carbons (Fsp3) is 0.750. The molecule has 156 valence electrons. The quantitative estimate of drug-likeness (QED) is 0.599. The van der Waals surface area contributed by atoms with Crippen molar-refractivity contribution < 1.29 is 4.79 Å². The third-order valence-electron chi connectivity index (χ3n) is 5.96. The van der Waals surface area contributed by atoms with E-state index in [1.54, 1.807) is 6.92 Å². The minimum Gasteiger partial charge on any atom is -0.357 e. The highest BCUT2D eigenvalue weighted by Crippen LogP contribution is 2.27. The molecular formula is C20H35N7O. The van der Waals surface area contributed by atoms with Crippen molar-refractivity contribution in [3.8, 4) is 0 Å². The van der Waals surface area contributed by atoms with Crippen LogP contribution in [0.3, 0.4) is 0 Å². The highest BCUT2D eigenvalue weighted by atomic mass is 16.2. The number of nitrogens with zero attached hydrogens (tertiary/aromatic N) is 6. The molecule has 0 aromatic carbocycles. The molecule has 1 aromatic heterocycles. The number of guanidine groups is 1. The fourth-order valence-electron chi connectivity index (χ4n) is 4.10. The molecule has 28 heavy (non-hydrogen) atoms. The fourth-order valence-corrected chi connectivity index (χ4v) is 4.10. The van der Waals surface area contributed by atoms with E-state index in [4.69, 9.17) is 4.99 Å². The molecule has 0 saturated carbocycles. The number of aromatic nitrogens is 2. The van der Waals surface area contributed by atoms with Gasteiger partial charge >= 0.3 is 0 Å². The van der Waals surface area contributed by atoms with E-state index in [2.05, 4.69) is 44.7 Å². The first-order valence-corrected chi connectivity index (χ1v) is 10.6. The maximum absolute atomic E-state index is 11.5. The Bertz CT molecular complexity index is 637. The molecule has 1 aromatic rings. The lowest BCUT2D eigenvalue weighted by atomic mass is 9.93. The second kappa shape index (κ2) is 9.91. The first-order chi connectivity index (χ1) is 13.6. The number of rotatable bonds is 5. The molecule has 2 unspecified atom stereocenters. The number of carbonyl (C=O) groups excluding carboxylic acids is 1. The molecule has 2 fully saturated rings. The molecule has 1 N–H and O–H groups in total. The Morgan fingerprint density at radius 2 is 2.00 bits per heavy atom. The van der Waals surface area contributed by atoms with Crippen molar-refractivity contribution in [3.05, 3.63) is 18.7 Å². The number of likely N-dealkylation sites (tertiary alicyclic amines) is 1. The minimum atomic E-state index is 0.180. The maximum atomic E-state index is 11.5. The van der Waals surface area contributed by atoms with Gasteiger partial charge in [0.05, 0.1) is 18.9 Å². The Labute approximate surface area is 168 Å². The molecule has 0 spiro atoms. The van der Waals surface area contributed by atoms with Crippen molar-refractivity contribution in [1.29, 1.82) is 0 Å². The van der Waals surface area contributed by atoms with E-state index in [-0.39, 0.29) is 5.91 Å². The number of aliphatic imine (C=N–C) groups is 1. The topological polar surface area (TPSA) is 69.0 Å². The van der Waals surface area contributed by atoms with Crippen molar-refractivity contribution in [3.63, 3.8) is 0 Å². The van der Waals surface area contributed by atoms with Gasteiger partial charge in [-0.1, -0.05) is 6.92 Å². The van der Waals surface area contributed by atoms with Gasteiger partial charge < -0.3 is 19.7 Å². The molecule has 2 atom stereocenters. The predicted molar refractivity (Wildman–Crippen MR) is 111 cm³/mol. The van der Waals surface area contributed by atoms with E-state index in [0.29, 0.717) is 12.0 Å². The number of hydrogen-bond acceptors (Lipinski definition) is 4. The van der Waals surface area contributed by atoms with Crippen LogP contribution in [0, 0.1) is 5.92 Å². The first kappa shape index (κ1) is 20.6. The first-order valence-electron chi connectivity index (χ1n) is 10.6. The Morgan fingerprint density at radius 3 is 2.64 bits per heavy atom. The van der Waals surface area contributed by atoms with Crippen molar-refractivity contribution in [2.45, 2.75) is 33.2 Å². The number of amides is 1. The highest BCUT2D eigenvalue weighted by Gasteiger charge is 2.29. The number of nitrogens with one attached hydrogen (secondary N) is 1. The summed E-state index contributed by atoms with van der Waals surface area (Å²) in [5.41, 5.74) is 0. The van der Waals surface area contributed by atoms with Gasteiger partial charge in [0.25, 0.3) is 0 Å². The van der Waals surface area contributed by atoms with Gasteiger partial charge in [-0.05, 0) is 19.3 Å². The third kappa shape index (κ3) is 5.25. The lowest BCUT2D eigenvalue weighted by Crippen LogP contribution is -2.50. The van der Waals surface area contributed by atoms with Crippen LogP contribution in [0.1, 0.15) is 33.2 Å². The molecule has 2 aliphatic heterocycles. The number of imidazole rings is 1. The average molecular weight is 390 g/mol. The monoisotopic (exact) mass is 389 g/mol. The Kier molecular flexibility index (Phi) is 7.30. The van der Waals surface area contributed by atoms with Crippen LogP contribution in [0.2, 0.25) is 0 Å². The van der Waals surface area contributed by atoms with Gasteiger partial charge in [0.2, 0.25) is 5.91 Å². The van der Waals surface area contributed by atoms with Crippen LogP contribution in [0.5, 0.6) is 0 Å². The Balaban J connectivity index is 1.54. The van der Waals surface area contributed by atoms with E-state index in [1.165, 1.54) is 0 Å². The van der Waals surface area contributed by atoms with E-state index in [9.17, 15) is 4.79 Å². The molecule has 3 rings (SSSR count). The van der Waals surface area contributed by atoms with E-state index in [1.807, 2.05) is 17.4 Å². The van der Waals surface area contributed by atoms with Crippen LogP contribution in [-0.4, -0.2) is 95.0 Å². The number of carbonyl (C=O) groups is 1. The molecule has 0 radical (unpaired) electrons. The summed E-state index contributed by atoms with van der Waals surface area (Å²) in [5.74, 6) is 1.83. The van der Waals surface area contributed by atoms with Crippen molar-refractivity contribution in [2.24, 2.45) is 10.9 Å². The standard InChI is InChI=1S/C20H35N7O/c1-4-22-20(23-7-9-24-11-13-25(14-12-24)18(3)28)26-8-5-17(2)19(15-26)27-10-6-21-16-27/h6,10,16-17,19H,4-5,7-9,11-15H2,1-3H3,(H,22,23). The van der Waals surface area contributed by atoms with Gasteiger partial charge in [-0.3, -0.25) is 14.7 Å². The summed E-state index contributed by atoms with van der Waals surface area (Å²) in [6, 6.07) is 0.430. The lowest BCUT2D eigenvalue weighted by molar-refractivity contribution is -0.130. The zero-order chi connectivity index (χ0) is 19.9. The summed E-state index contributed by atoms with van der Waals surface area (Å²) in [6.45, 7) is 14.2. The van der Waals surface area contributed by atoms with Crippen molar-refractivity contribution >= 4 is 11.9 Å². The molecule has 0 aliphatic carbocycles. The number of piperazine rings is 1. The van der Waals surface area contributed by atoms with Crippen LogP contribution in [0.15, 0.2) is 23.7 Å². The molecule has 1 amide bonds. The summed E-state index contributed by atoms with van der Waals surface area (Å²) in [6.07, 6.45) is 7.00. The Morgan fingerprint density at radius 1 is 1.21 bits per heavy atom. The average Bonchev–Trinajstić information content (AvgIpc) is 3.23. The molecule has 8 heteroatoms. The van der Waals surface area contributed by atoms with Gasteiger partial charge in [0.1, 0.15) is 0 Å². The van der Waals surface area contributed by atoms with E-state index < -0.39 is 0 Å². The SMILES string of the molecule is CCNC(=NCCN1CCN(C(C)=O)CC1)N1CCC(C)C(n2ccnc2)C1. The third-order valence-corrected chi connectivity index (χ3v) is 5.96. The second-order valence-electron chi connectivity index (χ2n) is 7.87. The smallest absolute Gasteiger partial charge is 0.219 e. The van der Waals surface area contributed by atoms with Gasteiger partial charge in [0.15, 0.2) is 5.96 Å². The maximum Gasteiger partial charge on any atom is 0.219 e. The van der Waals surface area contributed by atoms with Crippen LogP contribution >= 0.6 is 0 Å². The lowest BCUT2D eigenvalue weighted by Gasteiger charge is -2.39. The van der Waals surface area contributed by atoms with Crippen LogP contribution < -0.4 is 5.32 Å². The van der Waals surface area contributed by atoms with Gasteiger partial charge in [0, 0.05) is 71.7 Å². The predicted octanol–water partition coefficient (Wildman–Crippen LogP) is 0.896.